The molecule has 3 rings (SSSR count). The van der Waals surface area contributed by atoms with Gasteiger partial charge >= 0.3 is 0 Å². The van der Waals surface area contributed by atoms with Gasteiger partial charge in [0.2, 0.25) is 0 Å². The molecule has 0 fully saturated rings. The van der Waals surface area contributed by atoms with Crippen molar-refractivity contribution in [1.29, 1.82) is 0 Å². The number of rotatable bonds is 12. The van der Waals surface area contributed by atoms with Gasteiger partial charge in [-0.3, -0.25) is 9.10 Å². The molecule has 0 aliphatic rings. The van der Waals surface area contributed by atoms with Gasteiger partial charge in [0.05, 0.1) is 23.4 Å². The van der Waals surface area contributed by atoms with Crippen LogP contribution >= 0.6 is 0 Å². The summed E-state index contributed by atoms with van der Waals surface area (Å²) >= 11 is 0. The highest BCUT2D eigenvalue weighted by molar-refractivity contribution is 7.92. The van der Waals surface area contributed by atoms with Gasteiger partial charge in [-0.25, -0.2) is 13.8 Å². The molecule has 0 aliphatic carbocycles. The zero-order chi connectivity index (χ0) is 25.1. The first kappa shape index (κ1) is 25.5. The highest BCUT2D eigenvalue weighted by Gasteiger charge is 2.27. The maximum atomic E-state index is 13.4. The quantitative estimate of drug-likeness (QED) is 0.234. The summed E-state index contributed by atoms with van der Waals surface area (Å²) in [5.41, 5.74) is 3.48. The number of amides is 1. The van der Waals surface area contributed by atoms with Gasteiger partial charge in [0.1, 0.15) is 24.7 Å². The van der Waals surface area contributed by atoms with Gasteiger partial charge in [0, 0.05) is 0 Å². The van der Waals surface area contributed by atoms with E-state index in [9.17, 15) is 13.2 Å². The lowest BCUT2D eigenvalue weighted by Gasteiger charge is -2.23. The van der Waals surface area contributed by atoms with Crippen LogP contribution in [-0.4, -0.2) is 40.3 Å². The third-order valence-corrected chi connectivity index (χ3v) is 6.49. The van der Waals surface area contributed by atoms with Crippen molar-refractivity contribution in [3.05, 3.63) is 97.1 Å². The molecular weight excluding hydrogens is 466 g/mol. The predicted octanol–water partition coefficient (Wildman–Crippen LogP) is 4.00. The second-order valence-corrected chi connectivity index (χ2v) is 9.08. The van der Waals surface area contributed by atoms with Crippen LogP contribution in [0.5, 0.6) is 11.5 Å². The number of hydrazone groups is 1. The number of carbonyl (C=O) groups is 1. The second-order valence-electron chi connectivity index (χ2n) is 7.21. The SMILES string of the molecule is C=CCOc1ccc(/C=N\NC(=O)CN(c2ccccc2)S(=O)(=O)c2ccc(OCC)cc2)cc1. The van der Waals surface area contributed by atoms with Crippen molar-refractivity contribution < 1.29 is 22.7 Å². The van der Waals surface area contributed by atoms with Crippen LogP contribution in [0.25, 0.3) is 0 Å². The normalized spacial score (nSPS) is 11.1. The molecule has 8 nitrogen and oxygen atoms in total. The van der Waals surface area contributed by atoms with Crippen LogP contribution in [0.15, 0.2) is 102 Å². The number of hydrogen-bond acceptors (Lipinski definition) is 6. The minimum atomic E-state index is -4.03. The Hall–Kier alpha value is -4.11. The molecule has 3 aromatic rings. The number of sulfonamides is 1. The Balaban J connectivity index is 1.73. The maximum absolute atomic E-state index is 13.4. The molecule has 9 heteroatoms. The predicted molar refractivity (Wildman–Crippen MR) is 136 cm³/mol. The third kappa shape index (κ3) is 7.18. The van der Waals surface area contributed by atoms with Crippen molar-refractivity contribution in [2.45, 2.75) is 11.8 Å². The van der Waals surface area contributed by atoms with Gasteiger partial charge in [-0.1, -0.05) is 30.9 Å². The lowest BCUT2D eigenvalue weighted by molar-refractivity contribution is -0.119. The number of para-hydroxylation sites is 1. The van der Waals surface area contributed by atoms with E-state index in [0.29, 0.717) is 30.4 Å². The molecule has 0 spiro atoms. The number of nitrogens with one attached hydrogen (secondary N) is 1. The summed E-state index contributed by atoms with van der Waals surface area (Å²) in [5.74, 6) is 0.653. The van der Waals surface area contributed by atoms with Crippen LogP contribution in [0, 0.1) is 0 Å². The summed E-state index contributed by atoms with van der Waals surface area (Å²) in [7, 11) is -4.03. The molecule has 1 amide bonds. The van der Waals surface area contributed by atoms with Gasteiger partial charge in [-0.05, 0) is 73.2 Å². The fourth-order valence-corrected chi connectivity index (χ4v) is 4.48. The topological polar surface area (TPSA) is 97.3 Å². The lowest BCUT2D eigenvalue weighted by Crippen LogP contribution is -2.39. The van der Waals surface area contributed by atoms with E-state index in [1.54, 1.807) is 72.8 Å². The van der Waals surface area contributed by atoms with Crippen LogP contribution in [-0.2, 0) is 14.8 Å². The first-order chi connectivity index (χ1) is 16.9. The van der Waals surface area contributed by atoms with Crippen LogP contribution in [0.4, 0.5) is 5.69 Å². The molecule has 0 atom stereocenters. The Bertz CT molecular complexity index is 1240. The number of anilines is 1. The zero-order valence-electron chi connectivity index (χ0n) is 19.3. The van der Waals surface area contributed by atoms with Crippen molar-refractivity contribution in [2.75, 3.05) is 24.1 Å². The molecule has 182 valence electrons. The average molecular weight is 494 g/mol. The van der Waals surface area contributed by atoms with Crippen molar-refractivity contribution >= 4 is 27.8 Å². The second kappa shape index (κ2) is 12.4. The first-order valence-corrected chi connectivity index (χ1v) is 12.3. The molecule has 1 N–H and O–H groups in total. The number of nitrogens with zero attached hydrogens (tertiary/aromatic N) is 2. The van der Waals surface area contributed by atoms with E-state index in [-0.39, 0.29) is 4.90 Å². The molecule has 0 unspecified atom stereocenters. The standard InChI is InChI=1S/C26H27N3O5S/c1-3-18-34-24-12-10-21(11-13-24)19-27-28-26(30)20-29(22-8-6-5-7-9-22)35(31,32)25-16-14-23(15-17-25)33-4-2/h3,5-17,19H,1,4,18,20H2,2H3,(H,28,30)/b27-19-. The molecule has 3 aromatic carbocycles. The Labute approximate surface area is 205 Å². The van der Waals surface area contributed by atoms with Crippen molar-refractivity contribution in [3.8, 4) is 11.5 Å². The average Bonchev–Trinajstić information content (AvgIpc) is 2.88. The number of ether oxygens (including phenoxy) is 2. The molecule has 0 heterocycles. The van der Waals surface area contributed by atoms with Gasteiger partial charge in [-0.15, -0.1) is 0 Å². The van der Waals surface area contributed by atoms with Gasteiger partial charge in [0.25, 0.3) is 15.9 Å². The highest BCUT2D eigenvalue weighted by atomic mass is 32.2. The van der Waals surface area contributed by atoms with Gasteiger partial charge in [0.15, 0.2) is 0 Å². The Morgan fingerprint density at radius 3 is 2.23 bits per heavy atom. The van der Waals surface area contributed by atoms with Crippen LogP contribution in [0.3, 0.4) is 0 Å². The maximum Gasteiger partial charge on any atom is 0.264 e. The van der Waals surface area contributed by atoms with Crippen LogP contribution in [0.1, 0.15) is 12.5 Å². The lowest BCUT2D eigenvalue weighted by atomic mass is 10.2. The summed E-state index contributed by atoms with van der Waals surface area (Å²) in [6.45, 7) is 5.86. The smallest absolute Gasteiger partial charge is 0.264 e. The van der Waals surface area contributed by atoms with E-state index >= 15 is 0 Å². The monoisotopic (exact) mass is 493 g/mol. The van der Waals surface area contributed by atoms with Crippen molar-refractivity contribution in [3.63, 3.8) is 0 Å². The third-order valence-electron chi connectivity index (χ3n) is 4.70. The van der Waals surface area contributed by atoms with E-state index in [1.807, 2.05) is 6.92 Å². The Morgan fingerprint density at radius 1 is 0.971 bits per heavy atom. The van der Waals surface area contributed by atoms with Crippen molar-refractivity contribution in [1.82, 2.24) is 5.43 Å². The van der Waals surface area contributed by atoms with Gasteiger partial charge in [-0.2, -0.15) is 5.10 Å². The number of hydrogen-bond donors (Lipinski definition) is 1. The Morgan fingerprint density at radius 2 is 1.60 bits per heavy atom. The molecule has 0 saturated heterocycles. The van der Waals surface area contributed by atoms with Crippen LogP contribution in [0.2, 0.25) is 0 Å². The van der Waals surface area contributed by atoms with E-state index in [2.05, 4.69) is 17.1 Å². The van der Waals surface area contributed by atoms with Crippen LogP contribution < -0.4 is 19.2 Å². The van der Waals surface area contributed by atoms with E-state index in [1.165, 1.54) is 18.3 Å². The molecule has 0 aromatic heterocycles. The van der Waals surface area contributed by atoms with E-state index < -0.39 is 22.5 Å². The fourth-order valence-electron chi connectivity index (χ4n) is 3.06. The molecule has 0 aliphatic heterocycles. The number of benzene rings is 3. The summed E-state index contributed by atoms with van der Waals surface area (Å²) in [4.78, 5) is 12.7. The first-order valence-electron chi connectivity index (χ1n) is 10.9. The minimum Gasteiger partial charge on any atom is -0.494 e. The summed E-state index contributed by atoms with van der Waals surface area (Å²) in [5, 5.41) is 3.95. The summed E-state index contributed by atoms with van der Waals surface area (Å²) in [6.07, 6.45) is 3.11. The molecular formula is C26H27N3O5S. The summed E-state index contributed by atoms with van der Waals surface area (Å²) < 4.78 is 38.6. The summed E-state index contributed by atoms with van der Waals surface area (Å²) in [6, 6.07) is 21.6. The molecule has 0 radical (unpaired) electrons. The molecule has 35 heavy (non-hydrogen) atoms. The largest absolute Gasteiger partial charge is 0.494 e. The fraction of sp³-hybridized carbons (Fsp3) is 0.154. The van der Waals surface area contributed by atoms with E-state index in [4.69, 9.17) is 9.47 Å². The zero-order valence-corrected chi connectivity index (χ0v) is 20.1. The minimum absolute atomic E-state index is 0.0415. The molecule has 0 saturated carbocycles. The number of carbonyl (C=O) groups excluding carboxylic acids is 1. The highest BCUT2D eigenvalue weighted by Crippen LogP contribution is 2.25. The van der Waals surface area contributed by atoms with E-state index in [0.717, 1.165) is 9.87 Å². The molecule has 0 bridgehead atoms. The van der Waals surface area contributed by atoms with Crippen molar-refractivity contribution in [2.24, 2.45) is 5.10 Å². The van der Waals surface area contributed by atoms with Gasteiger partial charge < -0.3 is 9.47 Å². The Kier molecular flexibility index (Phi) is 9.02.